The Kier molecular flexibility index (Phi) is 3.40. The van der Waals surface area contributed by atoms with Gasteiger partial charge >= 0.3 is 0 Å². The minimum Gasteiger partial charge on any atom is -0.288 e. The van der Waals surface area contributed by atoms with Crippen LogP contribution in [-0.2, 0) is 12.8 Å². The van der Waals surface area contributed by atoms with Crippen LogP contribution in [0.15, 0.2) is 49.0 Å². The van der Waals surface area contributed by atoms with Crippen LogP contribution in [0.4, 0.5) is 0 Å². The maximum atomic E-state index is 12.0. The summed E-state index contributed by atoms with van der Waals surface area (Å²) in [4.78, 5) is 23.8. The molecule has 3 nitrogen and oxygen atoms in total. The van der Waals surface area contributed by atoms with Crippen molar-refractivity contribution < 1.29 is 9.59 Å². The Balaban J connectivity index is 1.99. The minimum atomic E-state index is -0.313. The third-order valence-electron chi connectivity index (χ3n) is 3.77. The maximum absolute atomic E-state index is 12.0. The first-order chi connectivity index (χ1) is 10.2. The maximum Gasteiger partial charge on any atom is 0.259 e. The van der Waals surface area contributed by atoms with E-state index in [0.717, 1.165) is 17.5 Å². The molecule has 1 aliphatic rings. The topological polar surface area (TPSA) is 46.2 Å². The van der Waals surface area contributed by atoms with Crippen LogP contribution < -0.4 is 5.32 Å². The van der Waals surface area contributed by atoms with Crippen molar-refractivity contribution in [2.24, 2.45) is 0 Å². The van der Waals surface area contributed by atoms with Gasteiger partial charge in [0, 0.05) is 0 Å². The zero-order valence-electron chi connectivity index (χ0n) is 11.6. The molecule has 1 heterocycles. The molecule has 21 heavy (non-hydrogen) atoms. The van der Waals surface area contributed by atoms with E-state index in [-0.39, 0.29) is 11.8 Å². The van der Waals surface area contributed by atoms with Crippen LogP contribution in [0.2, 0.25) is 0 Å². The molecule has 0 aromatic heterocycles. The number of fused-ring (bicyclic) bond motifs is 1. The monoisotopic (exact) mass is 277 g/mol. The molecule has 0 fully saturated rings. The van der Waals surface area contributed by atoms with E-state index in [1.807, 2.05) is 24.3 Å². The number of aryl methyl sites for hydroxylation is 1. The summed E-state index contributed by atoms with van der Waals surface area (Å²) < 4.78 is 0. The molecule has 104 valence electrons. The number of hydrogen-bond donors (Lipinski definition) is 1. The lowest BCUT2D eigenvalue weighted by Gasteiger charge is -2.10. The van der Waals surface area contributed by atoms with E-state index in [9.17, 15) is 9.59 Å². The number of amides is 2. The number of rotatable bonds is 4. The zero-order valence-corrected chi connectivity index (χ0v) is 11.6. The Labute approximate surface area is 123 Å². The van der Waals surface area contributed by atoms with Crippen LogP contribution >= 0.6 is 0 Å². The lowest BCUT2D eigenvalue weighted by molar-refractivity contribution is 0.0879. The van der Waals surface area contributed by atoms with E-state index in [0.29, 0.717) is 17.5 Å². The van der Waals surface area contributed by atoms with Crippen LogP contribution in [0.25, 0.3) is 6.08 Å². The fraction of sp³-hybridized carbons (Fsp3) is 0.111. The molecule has 0 unspecified atom stereocenters. The Bertz CT molecular complexity index is 732. The molecule has 0 atom stereocenters. The van der Waals surface area contributed by atoms with Crippen LogP contribution in [0.5, 0.6) is 0 Å². The van der Waals surface area contributed by atoms with Gasteiger partial charge in [-0.05, 0) is 35.6 Å². The molecular formula is C18H15NO2. The highest BCUT2D eigenvalue weighted by Gasteiger charge is 2.30. The fourth-order valence-electron chi connectivity index (χ4n) is 2.72. The van der Waals surface area contributed by atoms with E-state index in [2.05, 4.69) is 24.0 Å². The molecule has 0 radical (unpaired) electrons. The van der Waals surface area contributed by atoms with Crippen molar-refractivity contribution in [3.63, 3.8) is 0 Å². The Hall–Kier alpha value is -2.68. The van der Waals surface area contributed by atoms with Crippen LogP contribution in [0.1, 0.15) is 37.4 Å². The van der Waals surface area contributed by atoms with Gasteiger partial charge in [0.1, 0.15) is 0 Å². The van der Waals surface area contributed by atoms with Gasteiger partial charge in [0.25, 0.3) is 11.8 Å². The molecule has 0 spiro atoms. The number of benzene rings is 2. The molecule has 2 aromatic carbocycles. The van der Waals surface area contributed by atoms with Crippen molar-refractivity contribution in [3.8, 4) is 0 Å². The molecule has 0 aliphatic carbocycles. The van der Waals surface area contributed by atoms with Gasteiger partial charge in [-0.25, -0.2) is 0 Å². The first kappa shape index (κ1) is 13.3. The number of carbonyl (C=O) groups is 2. The van der Waals surface area contributed by atoms with E-state index < -0.39 is 0 Å². The number of imide groups is 1. The minimum absolute atomic E-state index is 0.304. The highest BCUT2D eigenvalue weighted by molar-refractivity contribution is 6.22. The summed E-state index contributed by atoms with van der Waals surface area (Å²) in [6.45, 7) is 3.80. The number of nitrogens with one attached hydrogen (secondary N) is 1. The summed E-state index contributed by atoms with van der Waals surface area (Å²) in [5.41, 5.74) is 3.99. The highest BCUT2D eigenvalue weighted by atomic mass is 16.2. The standard InChI is InChI=1S/C18H15NO2/c1-2-13-9-11-15-16(18(21)19-17(15)20)14(13)10-8-12-6-4-3-5-7-12/h2-7,9,11H,1,8,10H2,(H,19,20,21). The SMILES string of the molecule is C=Cc1ccc2c(c1CCc1ccccc1)C(=O)NC2=O. The molecule has 3 rings (SSSR count). The Morgan fingerprint density at radius 1 is 0.952 bits per heavy atom. The molecule has 2 aromatic rings. The van der Waals surface area contributed by atoms with Crippen molar-refractivity contribution in [1.82, 2.24) is 5.32 Å². The first-order valence-corrected chi connectivity index (χ1v) is 6.88. The third-order valence-corrected chi connectivity index (χ3v) is 3.77. The Morgan fingerprint density at radius 2 is 1.71 bits per heavy atom. The lowest BCUT2D eigenvalue weighted by Crippen LogP contribution is -2.20. The lowest BCUT2D eigenvalue weighted by atomic mass is 9.92. The summed E-state index contributed by atoms with van der Waals surface area (Å²) in [5.74, 6) is -0.617. The van der Waals surface area contributed by atoms with Crippen LogP contribution in [0.3, 0.4) is 0 Å². The molecule has 1 aliphatic heterocycles. The average Bonchev–Trinajstić information content (AvgIpc) is 2.81. The summed E-state index contributed by atoms with van der Waals surface area (Å²) in [7, 11) is 0. The van der Waals surface area contributed by atoms with E-state index >= 15 is 0 Å². The van der Waals surface area contributed by atoms with E-state index in [4.69, 9.17) is 0 Å². The van der Waals surface area contributed by atoms with Crippen molar-refractivity contribution in [3.05, 3.63) is 76.9 Å². The van der Waals surface area contributed by atoms with Crippen LogP contribution in [-0.4, -0.2) is 11.8 Å². The van der Waals surface area contributed by atoms with Crippen molar-refractivity contribution in [1.29, 1.82) is 0 Å². The quantitative estimate of drug-likeness (QED) is 0.873. The second-order valence-electron chi connectivity index (χ2n) is 5.03. The van der Waals surface area contributed by atoms with Gasteiger partial charge in [0.15, 0.2) is 0 Å². The second kappa shape index (κ2) is 5.37. The molecule has 0 bridgehead atoms. The van der Waals surface area contributed by atoms with Crippen molar-refractivity contribution in [2.45, 2.75) is 12.8 Å². The average molecular weight is 277 g/mol. The first-order valence-electron chi connectivity index (χ1n) is 6.88. The molecule has 2 amide bonds. The van der Waals surface area contributed by atoms with Gasteiger partial charge in [0.05, 0.1) is 11.1 Å². The number of carbonyl (C=O) groups excluding carboxylic acids is 2. The normalized spacial score (nSPS) is 13.0. The fourth-order valence-corrected chi connectivity index (χ4v) is 2.72. The highest BCUT2D eigenvalue weighted by Crippen LogP contribution is 2.26. The predicted octanol–water partition coefficient (Wildman–Crippen LogP) is 3.00. The molecule has 0 saturated heterocycles. The van der Waals surface area contributed by atoms with Gasteiger partial charge in [-0.3, -0.25) is 14.9 Å². The summed E-state index contributed by atoms with van der Waals surface area (Å²) in [6.07, 6.45) is 3.26. The molecule has 0 saturated carbocycles. The summed E-state index contributed by atoms with van der Waals surface area (Å²) in [5, 5.41) is 2.36. The smallest absolute Gasteiger partial charge is 0.259 e. The third kappa shape index (κ3) is 2.38. The van der Waals surface area contributed by atoms with Crippen molar-refractivity contribution >= 4 is 17.9 Å². The van der Waals surface area contributed by atoms with Crippen LogP contribution in [0, 0.1) is 0 Å². The number of hydrogen-bond acceptors (Lipinski definition) is 2. The molecular weight excluding hydrogens is 262 g/mol. The van der Waals surface area contributed by atoms with Crippen molar-refractivity contribution in [2.75, 3.05) is 0 Å². The predicted molar refractivity (Wildman–Crippen MR) is 82.2 cm³/mol. The van der Waals surface area contributed by atoms with Gasteiger partial charge in [0.2, 0.25) is 0 Å². The largest absolute Gasteiger partial charge is 0.288 e. The Morgan fingerprint density at radius 3 is 2.43 bits per heavy atom. The van der Waals surface area contributed by atoms with E-state index in [1.54, 1.807) is 12.1 Å². The van der Waals surface area contributed by atoms with E-state index in [1.165, 1.54) is 5.56 Å². The molecule has 1 N–H and O–H groups in total. The molecule has 3 heteroatoms. The summed E-state index contributed by atoms with van der Waals surface area (Å²) in [6, 6.07) is 13.6. The van der Waals surface area contributed by atoms with Gasteiger partial charge in [-0.1, -0.05) is 49.1 Å². The van der Waals surface area contributed by atoms with Gasteiger partial charge in [-0.2, -0.15) is 0 Å². The van der Waals surface area contributed by atoms with Gasteiger partial charge in [-0.15, -0.1) is 0 Å². The summed E-state index contributed by atoms with van der Waals surface area (Å²) >= 11 is 0. The second-order valence-corrected chi connectivity index (χ2v) is 5.03. The van der Waals surface area contributed by atoms with Gasteiger partial charge < -0.3 is 0 Å². The zero-order chi connectivity index (χ0) is 14.8.